The molecule has 5 unspecified atom stereocenters. The quantitative estimate of drug-likeness (QED) is 0.0440. The zero-order valence-electron chi connectivity index (χ0n) is 88.9. The van der Waals surface area contributed by atoms with Crippen LogP contribution in [0.4, 0.5) is 37.7 Å². The Morgan fingerprint density at radius 3 is 1.00 bits per heavy atom. The molecule has 0 radical (unpaired) electrons. The highest BCUT2D eigenvalue weighted by Crippen LogP contribution is 2.47. The molecule has 22 rings (SSSR count). The molecule has 0 spiro atoms. The number of H-pyrrole nitrogens is 5. The first-order valence-corrected chi connectivity index (χ1v) is 54.4. The predicted octanol–water partition coefficient (Wildman–Crippen LogP) is 17.5. The summed E-state index contributed by atoms with van der Waals surface area (Å²) in [5, 5.41) is 27.4. The van der Waals surface area contributed by atoms with Crippen molar-refractivity contribution < 1.29 is 53.2 Å². The van der Waals surface area contributed by atoms with Gasteiger partial charge in [0.1, 0.15) is 124 Å². The van der Waals surface area contributed by atoms with Crippen molar-refractivity contribution in [3.8, 4) is 0 Å². The van der Waals surface area contributed by atoms with Crippen molar-refractivity contribution in [2.45, 2.75) is 271 Å². The second kappa shape index (κ2) is 49.8. The van der Waals surface area contributed by atoms with Crippen molar-refractivity contribution in [3.63, 3.8) is 0 Å². The SMILES string of the molecule is CC(C)(C)OC(=O)N1CC[C@@H]2CC(=O)CC[C@@H]2C1.CCC1CC[C@@H]2CN(C(=O)OC(C)(C)C)CC[C@@H]2C1.CN(c1ncnc2[nH]ccc12)C1CC[C@H]2CN(C(=O)CO)CC[C@H]2C1.CN(c1ncnc2[nH]ccc12)C1CC[C@H]2CN(C(=O)CO)CC[C@H]2C1.CN(c1ncnc2[nH]ccc12)C1CC[C@H]2CN(C(=O)OC(C)(C)C)CC[C@H]2C1.CN(c1ncnc2[nH]ccc12)C1CC[C@H]2CNCC[C@H]2C1.Cl.Clc1ncnc2[nH]ccc12. The van der Waals surface area contributed by atoms with Gasteiger partial charge >= 0.3 is 18.3 Å². The molecule has 0 bridgehead atoms. The lowest BCUT2D eigenvalue weighted by molar-refractivity contribution is -0.138. The zero-order valence-corrected chi connectivity index (χ0v) is 90.5. The lowest BCUT2D eigenvalue weighted by Gasteiger charge is -2.45. The first kappa shape index (κ1) is 110. The van der Waals surface area contributed by atoms with Crippen molar-refractivity contribution in [2.75, 3.05) is 140 Å². The Hall–Kier alpha value is -10.8. The third kappa shape index (κ3) is 28.1. The molecule has 16 heterocycles. The van der Waals surface area contributed by atoms with Gasteiger partial charge in [0.05, 0.1) is 26.9 Å². The number of carbonyl (C=O) groups excluding carboxylic acids is 6. The smallest absolute Gasteiger partial charge is 0.410 e. The molecule has 10 aromatic heterocycles. The number of likely N-dealkylation sites (tertiary alicyclic amines) is 5. The molecule has 6 aliphatic heterocycles. The molecule has 5 amide bonds. The minimum Gasteiger partial charge on any atom is -0.444 e. The van der Waals surface area contributed by atoms with E-state index in [0.717, 1.165) is 257 Å². The normalized spacial score (nSPS) is 26.4. The van der Waals surface area contributed by atoms with Crippen LogP contribution in [0.15, 0.2) is 93.0 Å². The van der Waals surface area contributed by atoms with Gasteiger partial charge in [-0.25, -0.2) is 64.2 Å². The van der Waals surface area contributed by atoms with Crippen molar-refractivity contribution >= 4 is 138 Å². The molecule has 147 heavy (non-hydrogen) atoms. The Balaban J connectivity index is 0.000000130. The molecule has 12 fully saturated rings. The molecule has 38 heteroatoms. The van der Waals surface area contributed by atoms with Crippen LogP contribution >= 0.6 is 24.0 Å². The summed E-state index contributed by atoms with van der Waals surface area (Å²) in [6, 6.07) is 12.1. The molecule has 802 valence electrons. The lowest BCUT2D eigenvalue weighted by Crippen LogP contribution is -2.49. The molecule has 8 N–H and O–H groups in total. The number of hydrogen-bond donors (Lipinski definition) is 8. The predicted molar refractivity (Wildman–Crippen MR) is 576 cm³/mol. The number of hydrogen-bond acceptors (Lipinski definition) is 26. The van der Waals surface area contributed by atoms with Crippen LogP contribution in [0, 0.1) is 76.9 Å². The summed E-state index contributed by atoms with van der Waals surface area (Å²) in [7, 11) is 8.60. The van der Waals surface area contributed by atoms with Crippen molar-refractivity contribution in [2.24, 2.45) is 76.9 Å². The summed E-state index contributed by atoms with van der Waals surface area (Å²) in [5.41, 5.74) is 3.10. The van der Waals surface area contributed by atoms with Gasteiger partial charge in [0.25, 0.3) is 0 Å². The number of amides is 5. The van der Waals surface area contributed by atoms with Gasteiger partial charge in [-0.3, -0.25) is 14.4 Å². The number of carbonyl (C=O) groups is 6. The molecule has 10 aromatic rings. The van der Waals surface area contributed by atoms with E-state index in [0.29, 0.717) is 101 Å². The Kier molecular flexibility index (Phi) is 37.3. The summed E-state index contributed by atoms with van der Waals surface area (Å²) in [6.45, 7) is 29.2. The van der Waals surface area contributed by atoms with Gasteiger partial charge in [-0.05, 0) is 318 Å². The molecule has 6 aliphatic carbocycles. The molecular weight excluding hydrogens is 1910 g/mol. The average Bonchev–Trinajstić information content (AvgIpc) is 1.77. The van der Waals surface area contributed by atoms with E-state index in [1.807, 2.05) is 136 Å². The number of aromatic amines is 5. The highest BCUT2D eigenvalue weighted by atomic mass is 35.5. The highest BCUT2D eigenvalue weighted by molar-refractivity contribution is 6.33. The van der Waals surface area contributed by atoms with Gasteiger partial charge in [-0.15, -0.1) is 12.4 Å². The van der Waals surface area contributed by atoms with E-state index in [-0.39, 0.29) is 61.3 Å². The standard InChI is InChI=1S/C21H31N5O2.2C18H25N5O2.C16H23N5.C16H29NO2.C14H23NO3.C6H4ClN3.ClH/c1-21(2,3)28-20(27)26-10-8-14-11-16(6-5-15(14)12-26)25(4)19-17-7-9-22-18(17)23-13-24-19;2*1-22(18-15-4-6-19-17(15)20-11-21-18)14-3-2-13-9-23(16(25)10-24)7-5-12(13)8-14;1-21(16-14-5-7-18-15(14)19-10-20-16)13-3-2-12-9-17-6-4-11(12)8-13;1-5-12-6-7-14-11-17(9-8-13(14)10-12)15(18)19-16(2,3)4;1-14(2,3)18-13(17)15-7-6-10-8-12(16)5-4-11(10)9-15;7-5-4-1-2-8-6(4)10-3-9-5;/h7,9,13-16H,5-6,8,10-12H2,1-4H3,(H,22,23,24);2*4,6,11-14,24H,2-3,5,7-10H2,1H3,(H,19,20,21);5,7,10-13,17H,2-4,6,8-9H2,1H3,(H,18,19,20);12-14H,5-11H2,1-4H3;10-11H,4-9H2,1-3H3;1-3H,(H,8,9,10);1H/t14-,15-,16?;2*12-,13-,14?;11-,12-,13?;12?,13-,14-;10-,11-;;/m000011../s1. The van der Waals surface area contributed by atoms with Crippen LogP contribution in [0.5, 0.6) is 0 Å². The Bertz CT molecular complexity index is 5850. The molecular formula is C109H161Cl2N25O11. The van der Waals surface area contributed by atoms with Crippen LogP contribution in [0.1, 0.15) is 230 Å². The minimum atomic E-state index is -0.435. The fourth-order valence-corrected chi connectivity index (χ4v) is 25.6. The van der Waals surface area contributed by atoms with Crippen LogP contribution in [-0.4, -0.2) is 306 Å². The number of piperidine rings is 6. The van der Waals surface area contributed by atoms with Gasteiger partial charge < -0.3 is 98.8 Å². The summed E-state index contributed by atoms with van der Waals surface area (Å²) < 4.78 is 16.5. The number of Topliss-reactive ketones (excluding diaryl/α,β-unsaturated/α-hetero) is 1. The fourth-order valence-electron chi connectivity index (χ4n) is 25.4. The third-order valence-corrected chi connectivity index (χ3v) is 33.8. The molecule has 0 aromatic carbocycles. The van der Waals surface area contributed by atoms with Crippen LogP contribution in [0.3, 0.4) is 0 Å². The fraction of sp³-hybridized carbons (Fsp3) is 0.670. The summed E-state index contributed by atoms with van der Waals surface area (Å²) in [5.74, 6) is 13.1. The number of fused-ring (bicyclic) bond motifs is 11. The molecule has 12 aliphatic rings. The monoisotopic (exact) mass is 2070 g/mol. The van der Waals surface area contributed by atoms with E-state index < -0.39 is 11.2 Å². The maximum Gasteiger partial charge on any atom is 0.410 e. The summed E-state index contributed by atoms with van der Waals surface area (Å²) >= 11 is 5.73. The number of anilines is 4. The van der Waals surface area contributed by atoms with Crippen molar-refractivity contribution in [1.29, 1.82) is 0 Å². The van der Waals surface area contributed by atoms with Gasteiger partial charge in [-0.2, -0.15) is 0 Å². The van der Waals surface area contributed by atoms with Crippen LogP contribution in [-0.2, 0) is 28.6 Å². The van der Waals surface area contributed by atoms with Gasteiger partial charge in [0.15, 0.2) is 0 Å². The van der Waals surface area contributed by atoms with Gasteiger partial charge in [0.2, 0.25) is 11.8 Å². The molecule has 36 nitrogen and oxygen atoms in total. The Morgan fingerprint density at radius 1 is 0.367 bits per heavy atom. The van der Waals surface area contributed by atoms with E-state index >= 15 is 0 Å². The number of aromatic nitrogens is 15. The molecule has 17 atom stereocenters. The highest BCUT2D eigenvalue weighted by Gasteiger charge is 2.45. The zero-order chi connectivity index (χ0) is 103. The Labute approximate surface area is 876 Å². The first-order valence-electron chi connectivity index (χ1n) is 54.0. The number of nitrogens with one attached hydrogen (secondary N) is 6. The van der Waals surface area contributed by atoms with E-state index in [1.165, 1.54) is 77.2 Å². The van der Waals surface area contributed by atoms with Crippen molar-refractivity contribution in [3.05, 3.63) is 98.1 Å². The van der Waals surface area contributed by atoms with E-state index in [9.17, 15) is 28.8 Å². The third-order valence-electron chi connectivity index (χ3n) is 33.5. The van der Waals surface area contributed by atoms with E-state index in [1.54, 1.807) is 31.5 Å². The van der Waals surface area contributed by atoms with E-state index in [4.69, 9.17) is 36.0 Å². The van der Waals surface area contributed by atoms with Crippen LogP contribution < -0.4 is 24.9 Å². The number of aliphatic hydroxyl groups excluding tert-OH is 2. The van der Waals surface area contributed by atoms with E-state index in [2.05, 4.69) is 141 Å². The molecule has 6 saturated carbocycles. The second-order valence-corrected chi connectivity index (χ2v) is 46.5. The van der Waals surface area contributed by atoms with Crippen molar-refractivity contribution in [1.82, 2.24) is 105 Å². The maximum absolute atomic E-state index is 12.4. The van der Waals surface area contributed by atoms with Crippen LogP contribution in [0.2, 0.25) is 5.15 Å². The van der Waals surface area contributed by atoms with Gasteiger partial charge in [-0.1, -0.05) is 31.4 Å². The number of aliphatic hydroxyl groups is 2. The number of nitrogens with zero attached hydrogens (tertiary/aromatic N) is 19. The Morgan fingerprint density at radius 2 is 0.660 bits per heavy atom. The number of ether oxygens (including phenoxy) is 3. The maximum atomic E-state index is 12.4. The topological polar surface area (TPSA) is 420 Å². The largest absolute Gasteiger partial charge is 0.444 e. The molecule has 6 saturated heterocycles. The number of ketones is 1. The van der Waals surface area contributed by atoms with Crippen LogP contribution in [0.25, 0.3) is 55.2 Å². The summed E-state index contributed by atoms with van der Waals surface area (Å²) in [6.07, 6.45) is 45.2. The minimum absolute atomic E-state index is 0. The first-order chi connectivity index (χ1) is 70.1. The summed E-state index contributed by atoms with van der Waals surface area (Å²) in [4.78, 5) is 149. The number of rotatable bonds is 11. The second-order valence-electron chi connectivity index (χ2n) is 46.2. The average molecular weight is 2070 g/mol. The lowest BCUT2D eigenvalue weighted by atomic mass is 9.70. The van der Waals surface area contributed by atoms with Gasteiger partial charge in [0, 0.05) is 162 Å². The number of halogens is 2.